The van der Waals surface area contributed by atoms with E-state index in [1.54, 1.807) is 0 Å². The van der Waals surface area contributed by atoms with Crippen molar-refractivity contribution in [3.05, 3.63) is 35.4 Å². The third-order valence-corrected chi connectivity index (χ3v) is 3.03. The summed E-state index contributed by atoms with van der Waals surface area (Å²) in [5.41, 5.74) is 2.00. The normalized spacial score (nSPS) is 14.9. The molecule has 0 aromatic heterocycles. The van der Waals surface area contributed by atoms with E-state index in [1.165, 1.54) is 11.1 Å². The van der Waals surface area contributed by atoms with Gasteiger partial charge in [0.1, 0.15) is 0 Å². The first-order valence-corrected chi connectivity index (χ1v) is 5.87. The zero-order valence-electron chi connectivity index (χ0n) is 10.1. The topological polar surface area (TPSA) is 20.2 Å². The second-order valence-electron chi connectivity index (χ2n) is 4.49. The molecular formula is C14H22O. The van der Waals surface area contributed by atoms with E-state index in [0.29, 0.717) is 0 Å². The minimum atomic E-state index is -0.510. The van der Waals surface area contributed by atoms with E-state index >= 15 is 0 Å². The molecule has 0 amide bonds. The highest BCUT2D eigenvalue weighted by Gasteiger charge is 2.23. The van der Waals surface area contributed by atoms with Gasteiger partial charge in [0.15, 0.2) is 0 Å². The van der Waals surface area contributed by atoms with Crippen molar-refractivity contribution in [3.63, 3.8) is 0 Å². The van der Waals surface area contributed by atoms with Crippen molar-refractivity contribution in [3.8, 4) is 0 Å². The Kier molecular flexibility index (Phi) is 4.34. The maximum Gasteiger partial charge on any atom is 0.0685 e. The number of aryl methyl sites for hydroxylation is 1. The van der Waals surface area contributed by atoms with Crippen LogP contribution in [-0.2, 0) is 6.42 Å². The van der Waals surface area contributed by atoms with E-state index in [2.05, 4.69) is 45.0 Å². The highest BCUT2D eigenvalue weighted by molar-refractivity contribution is 5.22. The van der Waals surface area contributed by atoms with Gasteiger partial charge in [0.2, 0.25) is 0 Å². The molecule has 1 unspecified atom stereocenters. The van der Waals surface area contributed by atoms with Crippen LogP contribution in [0.2, 0.25) is 0 Å². The van der Waals surface area contributed by atoms with Crippen LogP contribution in [0, 0.1) is 6.92 Å². The van der Waals surface area contributed by atoms with Gasteiger partial charge in [-0.1, -0.05) is 50.1 Å². The van der Waals surface area contributed by atoms with Crippen LogP contribution >= 0.6 is 0 Å². The molecule has 0 spiro atoms. The summed E-state index contributed by atoms with van der Waals surface area (Å²) in [4.78, 5) is 0. The van der Waals surface area contributed by atoms with E-state index in [-0.39, 0.29) is 0 Å². The highest BCUT2D eigenvalue weighted by Crippen LogP contribution is 2.22. The van der Waals surface area contributed by atoms with Crippen LogP contribution in [0.15, 0.2) is 24.3 Å². The predicted octanol–water partition coefficient (Wildman–Crippen LogP) is 3.48. The Morgan fingerprint density at radius 3 is 2.20 bits per heavy atom. The van der Waals surface area contributed by atoms with Gasteiger partial charge in [-0.3, -0.25) is 0 Å². The summed E-state index contributed by atoms with van der Waals surface area (Å²) in [5.74, 6) is 0. The summed E-state index contributed by atoms with van der Waals surface area (Å²) in [5, 5.41) is 10.3. The number of benzene rings is 1. The molecule has 0 aliphatic rings. The first-order chi connectivity index (χ1) is 7.09. The smallest absolute Gasteiger partial charge is 0.0685 e. The minimum Gasteiger partial charge on any atom is -0.390 e. The van der Waals surface area contributed by atoms with Crippen molar-refractivity contribution >= 4 is 0 Å². The van der Waals surface area contributed by atoms with Crippen molar-refractivity contribution in [2.24, 2.45) is 0 Å². The lowest BCUT2D eigenvalue weighted by molar-refractivity contribution is 0.0271. The quantitative estimate of drug-likeness (QED) is 0.782. The second kappa shape index (κ2) is 5.32. The summed E-state index contributed by atoms with van der Waals surface area (Å²) in [6.45, 7) is 6.27. The molecule has 0 aliphatic carbocycles. The number of hydrogen-bond acceptors (Lipinski definition) is 1. The third-order valence-electron chi connectivity index (χ3n) is 3.03. The van der Waals surface area contributed by atoms with E-state index < -0.39 is 5.60 Å². The SMILES string of the molecule is CCCC(O)(CC)Cc1ccc(C)cc1. The minimum absolute atomic E-state index is 0.510. The molecule has 1 nitrogen and oxygen atoms in total. The Bertz CT molecular complexity index is 289. The summed E-state index contributed by atoms with van der Waals surface area (Å²) >= 11 is 0. The van der Waals surface area contributed by atoms with E-state index in [4.69, 9.17) is 0 Å². The van der Waals surface area contributed by atoms with Crippen molar-refractivity contribution in [2.75, 3.05) is 0 Å². The van der Waals surface area contributed by atoms with Crippen LogP contribution in [0.4, 0.5) is 0 Å². The monoisotopic (exact) mass is 206 g/mol. The van der Waals surface area contributed by atoms with E-state index in [1.807, 2.05) is 0 Å². The Balaban J connectivity index is 2.70. The van der Waals surface area contributed by atoms with Gasteiger partial charge in [-0.15, -0.1) is 0 Å². The first-order valence-electron chi connectivity index (χ1n) is 5.87. The molecule has 1 aromatic carbocycles. The lowest BCUT2D eigenvalue weighted by Crippen LogP contribution is -2.30. The lowest BCUT2D eigenvalue weighted by atomic mass is 9.88. The molecule has 1 aromatic rings. The molecule has 0 fully saturated rings. The molecule has 84 valence electrons. The molecule has 1 heteroatoms. The van der Waals surface area contributed by atoms with Crippen molar-refractivity contribution in [2.45, 2.75) is 52.1 Å². The number of aliphatic hydroxyl groups is 1. The predicted molar refractivity (Wildman–Crippen MR) is 65.0 cm³/mol. The fraction of sp³-hybridized carbons (Fsp3) is 0.571. The molecule has 0 saturated carbocycles. The first kappa shape index (κ1) is 12.3. The fourth-order valence-electron chi connectivity index (χ4n) is 1.94. The maximum absolute atomic E-state index is 10.3. The van der Waals surface area contributed by atoms with Gasteiger partial charge in [-0.2, -0.15) is 0 Å². The van der Waals surface area contributed by atoms with E-state index in [9.17, 15) is 5.11 Å². The van der Waals surface area contributed by atoms with Gasteiger partial charge in [-0.05, 0) is 25.3 Å². The molecule has 0 bridgehead atoms. The molecule has 1 atom stereocenters. The van der Waals surface area contributed by atoms with Gasteiger partial charge in [0.25, 0.3) is 0 Å². The molecule has 1 rings (SSSR count). The summed E-state index contributed by atoms with van der Waals surface area (Å²) in [7, 11) is 0. The average molecular weight is 206 g/mol. The lowest BCUT2D eigenvalue weighted by Gasteiger charge is -2.26. The van der Waals surface area contributed by atoms with Gasteiger partial charge in [0, 0.05) is 6.42 Å². The van der Waals surface area contributed by atoms with Gasteiger partial charge in [-0.25, -0.2) is 0 Å². The molecule has 0 saturated heterocycles. The second-order valence-corrected chi connectivity index (χ2v) is 4.49. The molecule has 0 aliphatic heterocycles. The Morgan fingerprint density at radius 1 is 1.13 bits per heavy atom. The zero-order chi connectivity index (χ0) is 11.3. The highest BCUT2D eigenvalue weighted by atomic mass is 16.3. The Labute approximate surface area is 93.1 Å². The molecule has 1 N–H and O–H groups in total. The van der Waals surface area contributed by atoms with Crippen LogP contribution in [0.5, 0.6) is 0 Å². The van der Waals surface area contributed by atoms with E-state index in [0.717, 1.165) is 25.7 Å². The van der Waals surface area contributed by atoms with Crippen LogP contribution in [0.3, 0.4) is 0 Å². The van der Waals surface area contributed by atoms with Crippen LogP contribution in [0.25, 0.3) is 0 Å². The third kappa shape index (κ3) is 3.67. The number of hydrogen-bond donors (Lipinski definition) is 1. The standard InChI is InChI=1S/C14H22O/c1-4-10-14(15,5-2)11-13-8-6-12(3)7-9-13/h6-9,15H,4-5,10-11H2,1-3H3. The van der Waals surface area contributed by atoms with Gasteiger partial charge >= 0.3 is 0 Å². The number of rotatable bonds is 5. The molecule has 0 heterocycles. The maximum atomic E-state index is 10.3. The van der Waals surface area contributed by atoms with Crippen LogP contribution in [-0.4, -0.2) is 10.7 Å². The molecule has 15 heavy (non-hydrogen) atoms. The summed E-state index contributed by atoms with van der Waals surface area (Å²) in [6.07, 6.45) is 3.53. The largest absolute Gasteiger partial charge is 0.390 e. The van der Waals surface area contributed by atoms with Crippen LogP contribution in [0.1, 0.15) is 44.2 Å². The molecule has 0 radical (unpaired) electrons. The fourth-order valence-corrected chi connectivity index (χ4v) is 1.94. The molecular weight excluding hydrogens is 184 g/mol. The van der Waals surface area contributed by atoms with Crippen molar-refractivity contribution < 1.29 is 5.11 Å². The summed E-state index contributed by atoms with van der Waals surface area (Å²) < 4.78 is 0. The van der Waals surface area contributed by atoms with Crippen LogP contribution < -0.4 is 0 Å². The van der Waals surface area contributed by atoms with Gasteiger partial charge in [0.05, 0.1) is 5.60 Å². The Morgan fingerprint density at radius 2 is 1.73 bits per heavy atom. The average Bonchev–Trinajstić information content (AvgIpc) is 2.22. The Hall–Kier alpha value is -0.820. The summed E-state index contributed by atoms with van der Waals surface area (Å²) in [6, 6.07) is 8.45. The van der Waals surface area contributed by atoms with Crippen molar-refractivity contribution in [1.82, 2.24) is 0 Å². The zero-order valence-corrected chi connectivity index (χ0v) is 10.1. The van der Waals surface area contributed by atoms with Gasteiger partial charge < -0.3 is 5.11 Å². The van der Waals surface area contributed by atoms with Crippen molar-refractivity contribution in [1.29, 1.82) is 0 Å².